The van der Waals surface area contributed by atoms with Crippen LogP contribution in [0.2, 0.25) is 0 Å². The third kappa shape index (κ3) is 4.40. The van der Waals surface area contributed by atoms with Crippen LogP contribution >= 0.6 is 0 Å². The van der Waals surface area contributed by atoms with Gasteiger partial charge in [0.2, 0.25) is 0 Å². The topological polar surface area (TPSA) is 29.5 Å². The lowest BCUT2D eigenvalue weighted by atomic mass is 9.76. The second kappa shape index (κ2) is 5.64. The predicted molar refractivity (Wildman–Crippen MR) is 69.4 cm³/mol. The maximum atomic E-state index is 12.1. The highest BCUT2D eigenvalue weighted by Crippen LogP contribution is 2.35. The molecule has 2 nitrogen and oxygen atoms in total. The predicted octanol–water partition coefficient (Wildman–Crippen LogP) is 4.07. The minimum atomic E-state index is -4.67. The van der Waals surface area contributed by atoms with E-state index in [-0.39, 0.29) is 5.75 Å². The van der Waals surface area contributed by atoms with Crippen molar-refractivity contribution in [3.8, 4) is 5.75 Å². The monoisotopic (exact) mass is 288 g/mol. The highest BCUT2D eigenvalue weighted by molar-refractivity contribution is 5.28. The molecule has 112 valence electrons. The van der Waals surface area contributed by atoms with Crippen molar-refractivity contribution in [1.82, 2.24) is 0 Å². The maximum Gasteiger partial charge on any atom is 0.573 e. The molecule has 2 rings (SSSR count). The molecule has 20 heavy (non-hydrogen) atoms. The van der Waals surface area contributed by atoms with Gasteiger partial charge in [0.1, 0.15) is 5.75 Å². The number of hydrogen-bond acceptors (Lipinski definition) is 2. The van der Waals surface area contributed by atoms with Crippen LogP contribution in [0.3, 0.4) is 0 Å². The van der Waals surface area contributed by atoms with Crippen molar-refractivity contribution in [2.75, 3.05) is 0 Å². The van der Waals surface area contributed by atoms with Crippen LogP contribution in [0.15, 0.2) is 24.3 Å². The molecule has 0 bridgehead atoms. The molecule has 2 atom stereocenters. The van der Waals surface area contributed by atoms with E-state index in [0.717, 1.165) is 31.2 Å². The van der Waals surface area contributed by atoms with E-state index < -0.39 is 12.0 Å². The molecule has 2 unspecified atom stereocenters. The van der Waals surface area contributed by atoms with E-state index in [1.54, 1.807) is 12.1 Å². The molecular weight excluding hydrogens is 269 g/mol. The zero-order valence-electron chi connectivity index (χ0n) is 11.4. The summed E-state index contributed by atoms with van der Waals surface area (Å²) in [4.78, 5) is 0. The average molecular weight is 288 g/mol. The van der Waals surface area contributed by atoms with Gasteiger partial charge < -0.3 is 9.84 Å². The van der Waals surface area contributed by atoms with Crippen molar-refractivity contribution in [2.24, 2.45) is 5.92 Å². The summed E-state index contributed by atoms with van der Waals surface area (Å²) in [5.41, 5.74) is 0.0977. The van der Waals surface area contributed by atoms with E-state index >= 15 is 0 Å². The molecule has 0 heterocycles. The zero-order chi connectivity index (χ0) is 14.8. The van der Waals surface area contributed by atoms with E-state index in [0.29, 0.717) is 12.3 Å². The quantitative estimate of drug-likeness (QED) is 0.908. The summed E-state index contributed by atoms with van der Waals surface area (Å²) in [5, 5.41) is 10.5. The number of halogens is 3. The molecule has 1 aromatic rings. The van der Waals surface area contributed by atoms with Gasteiger partial charge in [0.05, 0.1) is 5.60 Å². The van der Waals surface area contributed by atoms with Crippen molar-refractivity contribution >= 4 is 0 Å². The van der Waals surface area contributed by atoms with Gasteiger partial charge >= 0.3 is 6.36 Å². The largest absolute Gasteiger partial charge is 0.573 e. The minimum absolute atomic E-state index is 0.231. The normalized spacial score (nSPS) is 27.4. The second-order valence-corrected chi connectivity index (χ2v) is 5.79. The Bertz CT molecular complexity index is 441. The van der Waals surface area contributed by atoms with E-state index in [2.05, 4.69) is 11.7 Å². The fourth-order valence-corrected chi connectivity index (χ4v) is 2.98. The first kappa shape index (κ1) is 15.2. The van der Waals surface area contributed by atoms with Crippen LogP contribution in [0.4, 0.5) is 13.2 Å². The van der Waals surface area contributed by atoms with Crippen LogP contribution < -0.4 is 4.74 Å². The second-order valence-electron chi connectivity index (χ2n) is 5.79. The summed E-state index contributed by atoms with van der Waals surface area (Å²) in [6, 6.07) is 5.74. The zero-order valence-corrected chi connectivity index (χ0v) is 11.4. The first-order valence-electron chi connectivity index (χ1n) is 6.83. The van der Waals surface area contributed by atoms with E-state index in [4.69, 9.17) is 0 Å². The van der Waals surface area contributed by atoms with Gasteiger partial charge in [-0.1, -0.05) is 31.9 Å². The van der Waals surface area contributed by atoms with Crippen molar-refractivity contribution in [1.29, 1.82) is 0 Å². The Kier molecular flexibility index (Phi) is 4.28. The lowest BCUT2D eigenvalue weighted by Crippen LogP contribution is -2.36. The Morgan fingerprint density at radius 1 is 1.30 bits per heavy atom. The fourth-order valence-electron chi connectivity index (χ4n) is 2.98. The summed E-state index contributed by atoms with van der Waals surface area (Å²) < 4.78 is 40.0. The number of alkyl halides is 3. The van der Waals surface area contributed by atoms with Crippen LogP contribution in [-0.4, -0.2) is 17.1 Å². The van der Waals surface area contributed by atoms with Gasteiger partial charge in [-0.15, -0.1) is 13.2 Å². The molecule has 1 saturated carbocycles. The Hall–Kier alpha value is -1.23. The van der Waals surface area contributed by atoms with Crippen LogP contribution in [0.1, 0.15) is 38.2 Å². The smallest absolute Gasteiger partial charge is 0.406 e. The highest BCUT2D eigenvalue weighted by atomic mass is 19.4. The molecule has 0 amide bonds. The minimum Gasteiger partial charge on any atom is -0.406 e. The molecule has 1 aliphatic rings. The first-order valence-corrected chi connectivity index (χ1v) is 6.83. The van der Waals surface area contributed by atoms with Gasteiger partial charge in [0.15, 0.2) is 0 Å². The summed E-state index contributed by atoms with van der Waals surface area (Å²) in [6.45, 7) is 2.12. The van der Waals surface area contributed by atoms with Crippen molar-refractivity contribution in [2.45, 2.75) is 51.0 Å². The van der Waals surface area contributed by atoms with Gasteiger partial charge in [-0.2, -0.15) is 0 Å². The van der Waals surface area contributed by atoms with E-state index in [1.807, 2.05) is 0 Å². The Balaban J connectivity index is 2.00. The summed E-state index contributed by atoms with van der Waals surface area (Å²) >= 11 is 0. The van der Waals surface area contributed by atoms with Crippen LogP contribution in [0.5, 0.6) is 5.75 Å². The third-order valence-electron chi connectivity index (χ3n) is 3.76. The van der Waals surface area contributed by atoms with Gasteiger partial charge in [0, 0.05) is 6.42 Å². The average Bonchev–Trinajstić information content (AvgIpc) is 2.29. The number of ether oxygens (including phenoxy) is 1. The summed E-state index contributed by atoms with van der Waals surface area (Å²) in [5.74, 6) is 0.256. The molecule has 5 heteroatoms. The Labute approximate surface area is 116 Å². The Morgan fingerprint density at radius 3 is 2.50 bits per heavy atom. The van der Waals surface area contributed by atoms with Crippen molar-refractivity contribution in [3.05, 3.63) is 29.8 Å². The summed E-state index contributed by atoms with van der Waals surface area (Å²) in [6.07, 6.45) is -0.582. The first-order chi connectivity index (χ1) is 9.26. The number of hydrogen-bond donors (Lipinski definition) is 1. The van der Waals surface area contributed by atoms with Gasteiger partial charge in [0.25, 0.3) is 0 Å². The van der Waals surface area contributed by atoms with E-state index in [9.17, 15) is 18.3 Å². The molecule has 1 aromatic carbocycles. The lowest BCUT2D eigenvalue weighted by Gasteiger charge is -2.35. The third-order valence-corrected chi connectivity index (χ3v) is 3.76. The highest BCUT2D eigenvalue weighted by Gasteiger charge is 2.33. The van der Waals surface area contributed by atoms with Crippen LogP contribution in [-0.2, 0) is 6.42 Å². The van der Waals surface area contributed by atoms with Gasteiger partial charge in [-0.3, -0.25) is 0 Å². The molecule has 0 saturated heterocycles. The molecule has 0 spiro atoms. The van der Waals surface area contributed by atoms with Crippen LogP contribution in [0, 0.1) is 5.92 Å². The van der Waals surface area contributed by atoms with Crippen LogP contribution in [0.25, 0.3) is 0 Å². The number of benzene rings is 1. The molecule has 1 N–H and O–H groups in total. The molecule has 0 aromatic heterocycles. The van der Waals surface area contributed by atoms with Gasteiger partial charge in [-0.25, -0.2) is 0 Å². The SMILES string of the molecule is CC1CCCC(O)(Cc2ccc(OC(F)(F)F)cc2)C1. The van der Waals surface area contributed by atoms with Crippen molar-refractivity contribution in [3.63, 3.8) is 0 Å². The molecule has 1 aliphatic carbocycles. The molecular formula is C15H19F3O2. The van der Waals surface area contributed by atoms with Crippen molar-refractivity contribution < 1.29 is 23.0 Å². The van der Waals surface area contributed by atoms with E-state index in [1.165, 1.54) is 12.1 Å². The standard InChI is InChI=1S/C15H19F3O2/c1-11-3-2-8-14(19,9-11)10-12-4-6-13(7-5-12)20-15(16,17)18/h4-7,11,19H,2-3,8-10H2,1H3. The number of rotatable bonds is 3. The fraction of sp³-hybridized carbons (Fsp3) is 0.600. The molecule has 1 fully saturated rings. The summed E-state index contributed by atoms with van der Waals surface area (Å²) in [7, 11) is 0. The number of aliphatic hydroxyl groups is 1. The van der Waals surface area contributed by atoms with Gasteiger partial charge in [-0.05, 0) is 36.5 Å². The lowest BCUT2D eigenvalue weighted by molar-refractivity contribution is -0.274. The molecule has 0 radical (unpaired) electrons. The maximum absolute atomic E-state index is 12.1. The Morgan fingerprint density at radius 2 is 1.95 bits per heavy atom. The molecule has 0 aliphatic heterocycles.